The van der Waals surface area contributed by atoms with Crippen molar-refractivity contribution in [2.75, 3.05) is 34.3 Å². The van der Waals surface area contributed by atoms with E-state index in [4.69, 9.17) is 15.0 Å². The van der Waals surface area contributed by atoms with E-state index in [0.29, 0.717) is 17.5 Å². The number of hydrogen-bond acceptors (Lipinski definition) is 9. The molecule has 0 radical (unpaired) electrons. The molecule has 348 valence electrons. The van der Waals surface area contributed by atoms with Crippen LogP contribution in [0.3, 0.4) is 0 Å². The minimum atomic E-state index is 0.630. The lowest BCUT2D eigenvalue weighted by Gasteiger charge is -2.32. The first-order chi connectivity index (χ1) is 35.5. The zero-order valence-electron chi connectivity index (χ0n) is 40.1. The van der Waals surface area contributed by atoms with E-state index >= 15 is 0 Å². The Morgan fingerprint density at radius 3 is 0.778 bits per heavy atom. The van der Waals surface area contributed by atoms with Crippen LogP contribution >= 0.6 is 35.3 Å². The first-order valence-electron chi connectivity index (χ1n) is 24.6. The van der Waals surface area contributed by atoms with E-state index in [0.717, 1.165) is 53.0 Å². The lowest BCUT2D eigenvalue weighted by atomic mass is 10.0. The maximum Gasteiger partial charge on any atom is 0.164 e. The summed E-state index contributed by atoms with van der Waals surface area (Å²) in [6.07, 6.45) is 0. The highest BCUT2D eigenvalue weighted by Crippen LogP contribution is 2.52. The van der Waals surface area contributed by atoms with Crippen LogP contribution < -0.4 is 14.7 Å². The fourth-order valence-corrected chi connectivity index (χ4v) is 13.7. The monoisotopic (exact) mass is 984 g/mol. The highest BCUT2D eigenvalue weighted by Gasteiger charge is 2.26. The molecule has 3 aliphatic heterocycles. The molecule has 9 aromatic carbocycles. The van der Waals surface area contributed by atoms with E-state index in [1.54, 1.807) is 0 Å². The second-order valence-electron chi connectivity index (χ2n) is 18.0. The highest BCUT2D eigenvalue weighted by atomic mass is 32.2. The maximum absolute atomic E-state index is 5.19. The third-order valence-corrected chi connectivity index (χ3v) is 17.2. The average molecular weight is 985 g/mol. The van der Waals surface area contributed by atoms with Crippen LogP contribution in [0.2, 0.25) is 0 Å². The van der Waals surface area contributed by atoms with Crippen LogP contribution in [0.1, 0.15) is 20.8 Å². The smallest absolute Gasteiger partial charge is 0.164 e. The summed E-state index contributed by atoms with van der Waals surface area (Å²) in [5.41, 5.74) is 17.3. The SMILES string of the molecule is CCN1c2ccccc2Sc2cc(-c3ccc(-c4nc(-c5ccc(-c6ccc7c(c6)Sc6ccccc6N7CC)cc5)nc(-c5ccc(-c6ccc7c(c6)Sc6ccccc6N7CC)cc5)n4)cc3)ccc21. The number of para-hydroxylation sites is 3. The first kappa shape index (κ1) is 44.4. The summed E-state index contributed by atoms with van der Waals surface area (Å²) >= 11 is 5.53. The van der Waals surface area contributed by atoms with Crippen LogP contribution in [0, 0.1) is 0 Å². The van der Waals surface area contributed by atoms with Gasteiger partial charge in [-0.05, 0) is 127 Å². The number of benzene rings is 9. The molecule has 72 heavy (non-hydrogen) atoms. The predicted octanol–water partition coefficient (Wildman–Crippen LogP) is 17.7. The molecular formula is C63H48N6S3. The number of rotatable bonds is 9. The van der Waals surface area contributed by atoms with Gasteiger partial charge in [-0.2, -0.15) is 0 Å². The summed E-state index contributed by atoms with van der Waals surface area (Å²) in [6.45, 7) is 9.38. The minimum Gasteiger partial charge on any atom is -0.340 e. The van der Waals surface area contributed by atoms with Crippen LogP contribution in [-0.4, -0.2) is 34.6 Å². The number of hydrogen-bond donors (Lipinski definition) is 0. The Morgan fingerprint density at radius 1 is 0.264 bits per heavy atom. The number of fused-ring (bicyclic) bond motifs is 6. The van der Waals surface area contributed by atoms with E-state index in [-0.39, 0.29) is 0 Å². The average Bonchev–Trinajstić information content (AvgIpc) is 3.44. The lowest BCUT2D eigenvalue weighted by molar-refractivity contribution is 0.979. The topological polar surface area (TPSA) is 48.4 Å². The van der Waals surface area contributed by atoms with Gasteiger partial charge in [0.1, 0.15) is 0 Å². The molecule has 0 N–H and O–H groups in total. The Labute approximate surface area is 433 Å². The second kappa shape index (κ2) is 18.6. The van der Waals surface area contributed by atoms with Crippen molar-refractivity contribution in [2.45, 2.75) is 50.1 Å². The third kappa shape index (κ3) is 7.93. The van der Waals surface area contributed by atoms with Crippen LogP contribution in [0.4, 0.5) is 34.1 Å². The summed E-state index contributed by atoms with van der Waals surface area (Å²) in [5.74, 6) is 1.89. The fourth-order valence-electron chi connectivity index (χ4n) is 10.3. The molecule has 1 aromatic heterocycles. The standard InChI is InChI=1S/C63H48N6S3/c1-4-67-49-13-7-10-16-55(49)70-58-37-46(31-34-52(58)67)40-19-25-43(26-20-40)61-64-62(44-27-21-41(22-28-44)47-32-35-53-59(38-47)71-56-17-11-8-14-50(56)68(53)5-2)66-63(65-61)45-29-23-42(24-30-45)48-33-36-54-60(39-48)72-57-18-12-9-15-51(57)69(54)6-3/h7-39H,4-6H2,1-3H3. The summed E-state index contributed by atoms with van der Waals surface area (Å²) < 4.78 is 0. The third-order valence-electron chi connectivity index (χ3n) is 13.9. The molecule has 4 heterocycles. The summed E-state index contributed by atoms with van der Waals surface area (Å²) in [4.78, 5) is 30.4. The van der Waals surface area contributed by atoms with Gasteiger partial charge in [-0.25, -0.2) is 15.0 Å². The molecule has 0 fully saturated rings. The van der Waals surface area contributed by atoms with Crippen molar-refractivity contribution in [3.63, 3.8) is 0 Å². The summed E-state index contributed by atoms with van der Waals surface area (Å²) in [7, 11) is 0. The molecule has 0 unspecified atom stereocenters. The van der Waals surface area contributed by atoms with Crippen molar-refractivity contribution >= 4 is 69.4 Å². The van der Waals surface area contributed by atoms with Crippen molar-refractivity contribution in [3.05, 3.63) is 200 Å². The molecule has 0 saturated carbocycles. The predicted molar refractivity (Wildman–Crippen MR) is 302 cm³/mol. The fraction of sp³-hybridized carbons (Fsp3) is 0.0952. The first-order valence-corrected chi connectivity index (χ1v) is 27.1. The molecule has 6 nitrogen and oxygen atoms in total. The van der Waals surface area contributed by atoms with Crippen molar-refractivity contribution < 1.29 is 0 Å². The molecule has 9 heteroatoms. The van der Waals surface area contributed by atoms with Crippen LogP contribution in [0.5, 0.6) is 0 Å². The Hall–Kier alpha value is -7.56. The summed E-state index contributed by atoms with van der Waals surface area (Å²) in [6, 6.07) is 72.5. The number of anilines is 6. The van der Waals surface area contributed by atoms with E-state index in [2.05, 4.69) is 236 Å². The molecular weight excluding hydrogens is 937 g/mol. The lowest BCUT2D eigenvalue weighted by Crippen LogP contribution is -2.19. The molecule has 3 aliphatic rings. The maximum atomic E-state index is 5.19. The molecule has 0 atom stereocenters. The van der Waals surface area contributed by atoms with Gasteiger partial charge in [0.05, 0.1) is 34.1 Å². The molecule has 0 bridgehead atoms. The largest absolute Gasteiger partial charge is 0.340 e. The molecule has 13 rings (SSSR count). The summed E-state index contributed by atoms with van der Waals surface area (Å²) in [5, 5.41) is 0. The Bertz CT molecular complexity index is 3310. The Kier molecular flexibility index (Phi) is 11.4. The van der Waals surface area contributed by atoms with E-state index < -0.39 is 0 Å². The quantitative estimate of drug-likeness (QED) is 0.141. The Balaban J connectivity index is 0.833. The highest BCUT2D eigenvalue weighted by molar-refractivity contribution is 8.00. The van der Waals surface area contributed by atoms with Crippen molar-refractivity contribution in [3.8, 4) is 67.5 Å². The van der Waals surface area contributed by atoms with Gasteiger partial charge >= 0.3 is 0 Å². The van der Waals surface area contributed by atoms with E-state index in [1.165, 1.54) is 80.2 Å². The van der Waals surface area contributed by atoms with E-state index in [1.807, 2.05) is 35.3 Å². The molecule has 0 aliphatic carbocycles. The van der Waals surface area contributed by atoms with Crippen molar-refractivity contribution in [2.24, 2.45) is 0 Å². The zero-order chi connectivity index (χ0) is 48.3. The molecule has 0 saturated heterocycles. The second-order valence-corrected chi connectivity index (χ2v) is 21.3. The van der Waals surface area contributed by atoms with Crippen molar-refractivity contribution in [1.82, 2.24) is 15.0 Å². The van der Waals surface area contributed by atoms with Gasteiger partial charge in [-0.3, -0.25) is 0 Å². The van der Waals surface area contributed by atoms with Gasteiger partial charge in [-0.1, -0.05) is 163 Å². The molecule has 0 spiro atoms. The number of nitrogens with zero attached hydrogens (tertiary/aromatic N) is 6. The van der Waals surface area contributed by atoms with E-state index in [9.17, 15) is 0 Å². The van der Waals surface area contributed by atoms with Gasteiger partial charge in [-0.15, -0.1) is 0 Å². The van der Waals surface area contributed by atoms with Crippen LogP contribution in [0.25, 0.3) is 67.5 Å². The van der Waals surface area contributed by atoms with Gasteiger partial charge in [0.2, 0.25) is 0 Å². The van der Waals surface area contributed by atoms with Gasteiger partial charge in [0, 0.05) is 65.7 Å². The van der Waals surface area contributed by atoms with Crippen LogP contribution in [0.15, 0.2) is 230 Å². The normalized spacial score (nSPS) is 13.1. The molecule has 0 amide bonds. The van der Waals surface area contributed by atoms with Gasteiger partial charge in [0.15, 0.2) is 17.5 Å². The van der Waals surface area contributed by atoms with Gasteiger partial charge < -0.3 is 14.7 Å². The Morgan fingerprint density at radius 2 is 0.500 bits per heavy atom. The van der Waals surface area contributed by atoms with Crippen molar-refractivity contribution in [1.29, 1.82) is 0 Å². The molecule has 10 aromatic rings. The van der Waals surface area contributed by atoms with Crippen LogP contribution in [-0.2, 0) is 0 Å². The zero-order valence-corrected chi connectivity index (χ0v) is 42.5. The minimum absolute atomic E-state index is 0.630. The van der Waals surface area contributed by atoms with Gasteiger partial charge in [0.25, 0.3) is 0 Å². The number of aromatic nitrogens is 3.